The lowest BCUT2D eigenvalue weighted by molar-refractivity contribution is -0.141. The summed E-state index contributed by atoms with van der Waals surface area (Å²) in [5, 5.41) is 3.25. The molecule has 1 unspecified atom stereocenters. The Kier molecular flexibility index (Phi) is 5.17. The number of hydrogen-bond acceptors (Lipinski definition) is 4. The number of thiophene rings is 1. The predicted octanol–water partition coefficient (Wildman–Crippen LogP) is 2.77. The largest absolute Gasteiger partial charge is 0.300 e. The van der Waals surface area contributed by atoms with Gasteiger partial charge in [0.2, 0.25) is 11.8 Å². The quantitative estimate of drug-likeness (QED) is 0.822. The Bertz CT molecular complexity index is 515. The molecule has 0 aromatic carbocycles. The summed E-state index contributed by atoms with van der Waals surface area (Å²) in [5.74, 6) is -0.0940. The zero-order valence-corrected chi connectivity index (χ0v) is 14.0. The third-order valence-corrected chi connectivity index (χ3v) is 5.38. The van der Waals surface area contributed by atoms with Crippen LogP contribution in [0.15, 0.2) is 6.07 Å². The molecule has 1 aliphatic heterocycles. The summed E-state index contributed by atoms with van der Waals surface area (Å²) < 4.78 is 0. The number of hydrogen-bond donors (Lipinski definition) is 1. The maximum atomic E-state index is 12.4. The molecule has 2 amide bonds. The van der Waals surface area contributed by atoms with Gasteiger partial charge in [-0.25, -0.2) is 0 Å². The fourth-order valence-electron chi connectivity index (χ4n) is 2.81. The van der Waals surface area contributed by atoms with Crippen molar-refractivity contribution in [2.24, 2.45) is 0 Å². The Hall–Kier alpha value is -1.20. The van der Waals surface area contributed by atoms with Gasteiger partial charge in [-0.15, -0.1) is 11.3 Å². The van der Waals surface area contributed by atoms with Gasteiger partial charge in [-0.05, 0) is 38.3 Å². The molecule has 21 heavy (non-hydrogen) atoms. The van der Waals surface area contributed by atoms with Gasteiger partial charge < -0.3 is 5.32 Å². The maximum absolute atomic E-state index is 12.4. The molecule has 5 heteroatoms. The van der Waals surface area contributed by atoms with Crippen molar-refractivity contribution >= 4 is 23.2 Å². The molecule has 0 bridgehead atoms. The molecule has 1 aliphatic rings. The van der Waals surface area contributed by atoms with E-state index >= 15 is 0 Å². The fraction of sp³-hybridized carbons (Fsp3) is 0.625. The van der Waals surface area contributed by atoms with Crippen molar-refractivity contribution in [1.29, 1.82) is 0 Å². The van der Waals surface area contributed by atoms with Crippen LogP contribution in [0.5, 0.6) is 0 Å². The summed E-state index contributed by atoms with van der Waals surface area (Å²) in [6.07, 6.45) is 1.94. The fourth-order valence-corrected chi connectivity index (χ4v) is 3.81. The molecule has 0 saturated carbocycles. The minimum Gasteiger partial charge on any atom is -0.300 e. The van der Waals surface area contributed by atoms with Gasteiger partial charge >= 0.3 is 0 Å². The van der Waals surface area contributed by atoms with E-state index in [0.717, 1.165) is 12.8 Å². The first-order chi connectivity index (χ1) is 9.97. The topological polar surface area (TPSA) is 49.4 Å². The molecule has 0 radical (unpaired) electrons. The van der Waals surface area contributed by atoms with E-state index in [1.54, 1.807) is 11.3 Å². The van der Waals surface area contributed by atoms with Crippen LogP contribution in [0.3, 0.4) is 0 Å². The highest BCUT2D eigenvalue weighted by Gasteiger charge is 2.40. The van der Waals surface area contributed by atoms with E-state index in [9.17, 15) is 9.59 Å². The molecule has 0 aliphatic carbocycles. The van der Waals surface area contributed by atoms with Gasteiger partial charge in [-0.3, -0.25) is 14.5 Å². The number of nitrogens with zero attached hydrogens (tertiary/aromatic N) is 1. The van der Waals surface area contributed by atoms with Crippen LogP contribution in [0.2, 0.25) is 0 Å². The smallest absolute Gasteiger partial charge is 0.247 e. The maximum Gasteiger partial charge on any atom is 0.247 e. The minimum atomic E-state index is -0.360. The Balaban J connectivity index is 1.99. The van der Waals surface area contributed by atoms with Crippen molar-refractivity contribution in [3.63, 3.8) is 0 Å². The summed E-state index contributed by atoms with van der Waals surface area (Å²) in [6.45, 7) is 8.89. The van der Waals surface area contributed by atoms with E-state index in [1.165, 1.54) is 20.2 Å². The number of carbonyl (C=O) groups is 2. The number of rotatable bonds is 6. The number of amides is 2. The third-order valence-electron chi connectivity index (χ3n) is 4.23. The van der Waals surface area contributed by atoms with Crippen LogP contribution in [0.25, 0.3) is 0 Å². The highest BCUT2D eigenvalue weighted by molar-refractivity contribution is 7.12. The Morgan fingerprint density at radius 1 is 1.33 bits per heavy atom. The third kappa shape index (κ3) is 3.35. The first kappa shape index (κ1) is 16.2. The van der Waals surface area contributed by atoms with Gasteiger partial charge in [0.15, 0.2) is 0 Å². The van der Waals surface area contributed by atoms with Crippen LogP contribution in [0.1, 0.15) is 48.4 Å². The molecule has 2 rings (SSSR count). The second-order valence-corrected chi connectivity index (χ2v) is 7.00. The van der Waals surface area contributed by atoms with Crippen LogP contribution < -0.4 is 5.32 Å². The SMILES string of the molecule is CCC(CC)N1C(=O)CC(NCc2cc(C)c(C)s2)C1=O. The summed E-state index contributed by atoms with van der Waals surface area (Å²) >= 11 is 1.74. The average molecular weight is 308 g/mol. The van der Waals surface area contributed by atoms with E-state index in [-0.39, 0.29) is 23.9 Å². The second-order valence-electron chi connectivity index (χ2n) is 5.66. The Morgan fingerprint density at radius 3 is 2.52 bits per heavy atom. The number of carbonyl (C=O) groups excluding carboxylic acids is 2. The van der Waals surface area contributed by atoms with Crippen LogP contribution in [0.4, 0.5) is 0 Å². The van der Waals surface area contributed by atoms with Crippen molar-refractivity contribution in [2.45, 2.75) is 65.6 Å². The normalized spacial score (nSPS) is 19.1. The number of nitrogens with one attached hydrogen (secondary N) is 1. The van der Waals surface area contributed by atoms with Gasteiger partial charge in [0.05, 0.1) is 12.5 Å². The van der Waals surface area contributed by atoms with E-state index in [2.05, 4.69) is 25.2 Å². The molecule has 1 atom stereocenters. The molecule has 1 fully saturated rings. The molecular weight excluding hydrogens is 284 g/mol. The lowest BCUT2D eigenvalue weighted by Crippen LogP contribution is -2.43. The van der Waals surface area contributed by atoms with Crippen molar-refractivity contribution in [3.8, 4) is 0 Å². The number of likely N-dealkylation sites (tertiary alicyclic amines) is 1. The standard InChI is InChI=1S/C16H24N2O2S/c1-5-12(6-2)18-15(19)8-14(16(18)20)17-9-13-7-10(3)11(4)21-13/h7,12,14,17H,5-6,8-9H2,1-4H3. The highest BCUT2D eigenvalue weighted by atomic mass is 32.1. The molecule has 2 heterocycles. The monoisotopic (exact) mass is 308 g/mol. The minimum absolute atomic E-state index is 0.0373. The van der Waals surface area contributed by atoms with E-state index in [1.807, 2.05) is 13.8 Å². The summed E-state index contributed by atoms with van der Waals surface area (Å²) in [5.41, 5.74) is 1.28. The van der Waals surface area contributed by atoms with Crippen LogP contribution in [-0.4, -0.2) is 28.8 Å². The van der Waals surface area contributed by atoms with Crippen LogP contribution in [-0.2, 0) is 16.1 Å². The highest BCUT2D eigenvalue weighted by Crippen LogP contribution is 2.23. The van der Waals surface area contributed by atoms with Gasteiger partial charge in [-0.1, -0.05) is 13.8 Å². The molecule has 0 spiro atoms. The van der Waals surface area contributed by atoms with Crippen LogP contribution in [0, 0.1) is 13.8 Å². The Labute approximate surface area is 130 Å². The Morgan fingerprint density at radius 2 is 2.00 bits per heavy atom. The zero-order chi connectivity index (χ0) is 15.6. The molecular formula is C16H24N2O2S. The average Bonchev–Trinajstić information content (AvgIpc) is 2.91. The second kappa shape index (κ2) is 6.71. The molecule has 116 valence electrons. The van der Waals surface area contributed by atoms with Gasteiger partial charge in [0.25, 0.3) is 0 Å². The number of imide groups is 1. The van der Waals surface area contributed by atoms with E-state index in [4.69, 9.17) is 0 Å². The van der Waals surface area contributed by atoms with Gasteiger partial charge in [0.1, 0.15) is 0 Å². The van der Waals surface area contributed by atoms with E-state index in [0.29, 0.717) is 13.0 Å². The van der Waals surface area contributed by atoms with Gasteiger partial charge in [-0.2, -0.15) is 0 Å². The first-order valence-corrected chi connectivity index (χ1v) is 8.44. The zero-order valence-electron chi connectivity index (χ0n) is 13.2. The molecule has 1 N–H and O–H groups in total. The molecule has 1 aromatic heterocycles. The first-order valence-electron chi connectivity index (χ1n) is 7.63. The molecule has 1 aromatic rings. The summed E-state index contributed by atoms with van der Waals surface area (Å²) in [4.78, 5) is 28.5. The molecule has 4 nitrogen and oxygen atoms in total. The van der Waals surface area contributed by atoms with E-state index < -0.39 is 0 Å². The molecule has 1 saturated heterocycles. The van der Waals surface area contributed by atoms with Gasteiger partial charge in [0, 0.05) is 22.3 Å². The van der Waals surface area contributed by atoms with Crippen molar-refractivity contribution in [1.82, 2.24) is 10.2 Å². The summed E-state index contributed by atoms with van der Waals surface area (Å²) in [6, 6.07) is 1.83. The predicted molar refractivity (Wildman–Crippen MR) is 85.3 cm³/mol. The lowest BCUT2D eigenvalue weighted by atomic mass is 10.1. The number of aryl methyl sites for hydroxylation is 2. The van der Waals surface area contributed by atoms with Crippen molar-refractivity contribution in [3.05, 3.63) is 21.4 Å². The summed E-state index contributed by atoms with van der Waals surface area (Å²) in [7, 11) is 0. The van der Waals surface area contributed by atoms with Crippen molar-refractivity contribution < 1.29 is 9.59 Å². The van der Waals surface area contributed by atoms with Crippen molar-refractivity contribution in [2.75, 3.05) is 0 Å². The lowest BCUT2D eigenvalue weighted by Gasteiger charge is -2.24. The van der Waals surface area contributed by atoms with Crippen LogP contribution >= 0.6 is 11.3 Å².